The maximum atomic E-state index is 13.4. The number of amides is 1. The summed E-state index contributed by atoms with van der Waals surface area (Å²) in [5, 5.41) is -0.489. The van der Waals surface area contributed by atoms with Crippen molar-refractivity contribution in [2.75, 3.05) is 0 Å². The van der Waals surface area contributed by atoms with Crippen molar-refractivity contribution >= 4 is 15.9 Å². The van der Waals surface area contributed by atoms with Gasteiger partial charge in [0.25, 0.3) is 0 Å². The molecule has 1 amide bonds. The number of hydrogen-bond donors (Lipinski definition) is 1. The van der Waals surface area contributed by atoms with Gasteiger partial charge in [-0.1, -0.05) is 31.0 Å². The molecular weight excluding hydrogens is 269 g/mol. The number of sulfonamides is 1. The second-order valence-corrected chi connectivity index (χ2v) is 6.71. The molecule has 0 saturated heterocycles. The van der Waals surface area contributed by atoms with Gasteiger partial charge in [0.15, 0.2) is 0 Å². The Morgan fingerprint density at radius 1 is 1.26 bits per heavy atom. The minimum Gasteiger partial charge on any atom is -0.274 e. The summed E-state index contributed by atoms with van der Waals surface area (Å²) in [6, 6.07) is 5.84. The lowest BCUT2D eigenvalue weighted by molar-refractivity contribution is -0.118. The molecule has 0 heterocycles. The zero-order chi connectivity index (χ0) is 13.9. The van der Waals surface area contributed by atoms with E-state index >= 15 is 0 Å². The van der Waals surface area contributed by atoms with E-state index in [2.05, 4.69) is 0 Å². The zero-order valence-electron chi connectivity index (χ0n) is 10.4. The molecule has 19 heavy (non-hydrogen) atoms. The molecule has 1 saturated carbocycles. The van der Waals surface area contributed by atoms with E-state index in [1.165, 1.54) is 18.2 Å². The smallest absolute Gasteiger partial charge is 0.237 e. The first-order valence-corrected chi connectivity index (χ1v) is 7.81. The van der Waals surface area contributed by atoms with Gasteiger partial charge in [0.05, 0.1) is 11.7 Å². The third-order valence-electron chi connectivity index (χ3n) is 3.31. The molecule has 0 unspecified atom stereocenters. The van der Waals surface area contributed by atoms with E-state index in [0.29, 0.717) is 12.8 Å². The van der Waals surface area contributed by atoms with E-state index in [1.807, 2.05) is 4.72 Å². The van der Waals surface area contributed by atoms with E-state index in [4.69, 9.17) is 0 Å². The van der Waals surface area contributed by atoms with Gasteiger partial charge in [-0.3, -0.25) is 9.52 Å². The Morgan fingerprint density at radius 2 is 1.89 bits per heavy atom. The molecule has 104 valence electrons. The number of carbonyl (C=O) groups is 1. The van der Waals surface area contributed by atoms with Crippen LogP contribution >= 0.6 is 0 Å². The summed E-state index contributed by atoms with van der Waals surface area (Å²) in [5.74, 6) is -1.19. The molecule has 1 aromatic rings. The van der Waals surface area contributed by atoms with E-state index in [-0.39, 0.29) is 12.0 Å². The van der Waals surface area contributed by atoms with Crippen LogP contribution in [-0.4, -0.2) is 19.6 Å². The normalized spacial score (nSPS) is 16.5. The van der Waals surface area contributed by atoms with Crippen molar-refractivity contribution in [2.45, 2.75) is 37.4 Å². The Labute approximate surface area is 112 Å². The van der Waals surface area contributed by atoms with Crippen LogP contribution in [0.3, 0.4) is 0 Å². The average Bonchev–Trinajstić information content (AvgIpc) is 2.85. The van der Waals surface area contributed by atoms with Crippen LogP contribution in [0.15, 0.2) is 24.3 Å². The summed E-state index contributed by atoms with van der Waals surface area (Å²) >= 11 is 0. The second-order valence-electron chi connectivity index (χ2n) is 4.74. The maximum Gasteiger partial charge on any atom is 0.237 e. The fourth-order valence-corrected chi connectivity index (χ4v) is 3.80. The molecule has 1 aliphatic carbocycles. The molecule has 6 heteroatoms. The number of halogens is 1. The topological polar surface area (TPSA) is 63.2 Å². The molecule has 0 aliphatic heterocycles. The average molecular weight is 285 g/mol. The molecule has 1 fully saturated rings. The third-order valence-corrected chi connectivity index (χ3v) is 5.17. The van der Waals surface area contributed by atoms with Crippen LogP contribution in [0.4, 0.5) is 4.39 Å². The number of hydrogen-bond acceptors (Lipinski definition) is 3. The van der Waals surface area contributed by atoms with Gasteiger partial charge in [-0.2, -0.15) is 0 Å². The molecular formula is C13H16FNO3S. The summed E-state index contributed by atoms with van der Waals surface area (Å²) in [6.45, 7) is 0. The predicted molar refractivity (Wildman–Crippen MR) is 69.4 cm³/mol. The highest BCUT2D eigenvalue weighted by atomic mass is 32.2. The molecule has 1 N–H and O–H groups in total. The van der Waals surface area contributed by atoms with Gasteiger partial charge in [-0.05, 0) is 24.5 Å². The van der Waals surface area contributed by atoms with Crippen molar-refractivity contribution in [3.05, 3.63) is 35.6 Å². The molecule has 0 spiro atoms. The van der Waals surface area contributed by atoms with Crippen molar-refractivity contribution in [1.29, 1.82) is 0 Å². The van der Waals surface area contributed by atoms with Crippen molar-refractivity contribution in [2.24, 2.45) is 0 Å². The van der Waals surface area contributed by atoms with E-state index in [9.17, 15) is 17.6 Å². The molecule has 0 radical (unpaired) electrons. The van der Waals surface area contributed by atoms with Gasteiger partial charge in [-0.25, -0.2) is 12.8 Å². The summed E-state index contributed by atoms with van der Waals surface area (Å²) < 4.78 is 39.2. The van der Waals surface area contributed by atoms with Gasteiger partial charge in [0.2, 0.25) is 15.9 Å². The number of carbonyl (C=O) groups excluding carboxylic acids is 1. The van der Waals surface area contributed by atoms with Crippen molar-refractivity contribution in [3.8, 4) is 0 Å². The number of rotatable bonds is 4. The predicted octanol–water partition coefficient (Wildman–Crippen LogP) is 1.76. The van der Waals surface area contributed by atoms with E-state index in [1.54, 1.807) is 6.07 Å². The van der Waals surface area contributed by atoms with Crippen LogP contribution in [0.1, 0.15) is 31.2 Å². The van der Waals surface area contributed by atoms with Crippen LogP contribution in [-0.2, 0) is 21.2 Å². The molecule has 1 aliphatic rings. The lowest BCUT2D eigenvalue weighted by Gasteiger charge is -2.12. The first kappa shape index (κ1) is 14.0. The van der Waals surface area contributed by atoms with Crippen LogP contribution in [0.25, 0.3) is 0 Å². The monoisotopic (exact) mass is 285 g/mol. The fraction of sp³-hybridized carbons (Fsp3) is 0.462. The van der Waals surface area contributed by atoms with E-state index in [0.717, 1.165) is 12.8 Å². The molecule has 4 nitrogen and oxygen atoms in total. The first-order valence-electron chi connectivity index (χ1n) is 6.27. The highest BCUT2D eigenvalue weighted by Crippen LogP contribution is 2.23. The zero-order valence-corrected chi connectivity index (χ0v) is 11.2. The Balaban J connectivity index is 2.00. The van der Waals surface area contributed by atoms with Crippen LogP contribution < -0.4 is 4.72 Å². The quantitative estimate of drug-likeness (QED) is 0.916. The van der Waals surface area contributed by atoms with E-state index < -0.39 is 27.0 Å². The van der Waals surface area contributed by atoms with Crippen LogP contribution in [0.2, 0.25) is 0 Å². The van der Waals surface area contributed by atoms with Crippen LogP contribution in [0, 0.1) is 5.82 Å². The molecule has 2 rings (SSSR count). The number of nitrogens with one attached hydrogen (secondary N) is 1. The Kier molecular flexibility index (Phi) is 4.19. The summed E-state index contributed by atoms with van der Waals surface area (Å²) in [6.07, 6.45) is 2.64. The second kappa shape index (κ2) is 5.69. The molecule has 1 aromatic carbocycles. The lowest BCUT2D eigenvalue weighted by Crippen LogP contribution is -2.38. The minimum absolute atomic E-state index is 0.196. The molecule has 0 atom stereocenters. The molecule has 0 aromatic heterocycles. The minimum atomic E-state index is -3.61. The third kappa shape index (κ3) is 3.53. The summed E-state index contributed by atoms with van der Waals surface area (Å²) in [7, 11) is -3.61. The highest BCUT2D eigenvalue weighted by molar-refractivity contribution is 7.90. The summed E-state index contributed by atoms with van der Waals surface area (Å²) in [4.78, 5) is 11.7. The molecule has 0 bridgehead atoms. The van der Waals surface area contributed by atoms with Gasteiger partial charge in [0.1, 0.15) is 5.82 Å². The highest BCUT2D eigenvalue weighted by Gasteiger charge is 2.30. The SMILES string of the molecule is O=C(Cc1ccccc1F)NS(=O)(=O)C1CCCC1. The van der Waals surface area contributed by atoms with Gasteiger partial charge < -0.3 is 0 Å². The van der Waals surface area contributed by atoms with Gasteiger partial charge >= 0.3 is 0 Å². The van der Waals surface area contributed by atoms with Crippen molar-refractivity contribution < 1.29 is 17.6 Å². The lowest BCUT2D eigenvalue weighted by atomic mass is 10.1. The fourth-order valence-electron chi connectivity index (χ4n) is 2.29. The van der Waals surface area contributed by atoms with Crippen molar-refractivity contribution in [1.82, 2.24) is 4.72 Å². The Hall–Kier alpha value is -1.43. The summed E-state index contributed by atoms with van der Waals surface area (Å²) in [5.41, 5.74) is 0.196. The first-order chi connectivity index (χ1) is 8.99. The van der Waals surface area contributed by atoms with Crippen molar-refractivity contribution in [3.63, 3.8) is 0 Å². The van der Waals surface area contributed by atoms with Gasteiger partial charge in [0, 0.05) is 0 Å². The number of benzene rings is 1. The van der Waals surface area contributed by atoms with Crippen LogP contribution in [0.5, 0.6) is 0 Å². The van der Waals surface area contributed by atoms with Gasteiger partial charge in [-0.15, -0.1) is 0 Å². The standard InChI is InChI=1S/C13H16FNO3S/c14-12-8-4-1-5-10(12)9-13(16)15-19(17,18)11-6-2-3-7-11/h1,4-5,8,11H,2-3,6-7,9H2,(H,15,16). The maximum absolute atomic E-state index is 13.4. The Morgan fingerprint density at radius 3 is 2.53 bits per heavy atom. The Bertz CT molecular complexity index is 565. The largest absolute Gasteiger partial charge is 0.274 e.